The fraction of sp³-hybridized carbons (Fsp3) is 0.482. The molecule has 0 radical (unpaired) electrons. The molecule has 72 heavy (non-hydrogen) atoms. The summed E-state index contributed by atoms with van der Waals surface area (Å²) in [7, 11) is 0. The first-order chi connectivity index (χ1) is 35.0. The summed E-state index contributed by atoms with van der Waals surface area (Å²) in [5.41, 5.74) is 11.7. The average molecular weight is 984 g/mol. The Morgan fingerprint density at radius 2 is 1.89 bits per heavy atom. The van der Waals surface area contributed by atoms with Gasteiger partial charge in [-0.25, -0.2) is 4.98 Å². The number of nitrogens with two attached hydrogens (primary N) is 1. The third-order valence-electron chi connectivity index (χ3n) is 14.8. The molecule has 2 aromatic heterocycles. The zero-order chi connectivity index (χ0) is 50.0. The third kappa shape index (κ3) is 12.9. The number of hydrogen-bond donors (Lipinski definition) is 7. The summed E-state index contributed by atoms with van der Waals surface area (Å²) < 4.78 is 25.7. The number of rotatable bonds is 20. The predicted molar refractivity (Wildman–Crippen MR) is 275 cm³/mol. The number of unbranched alkanes of at least 4 members (excludes halogenated alkanes) is 2. The van der Waals surface area contributed by atoms with E-state index >= 15 is 0 Å². The smallest absolute Gasteiger partial charge is 0.302 e. The molecule has 4 aliphatic heterocycles. The summed E-state index contributed by atoms with van der Waals surface area (Å²) >= 11 is 0. The number of aromatic nitrogens is 2. The topological polar surface area (TPSA) is 220 Å². The summed E-state index contributed by atoms with van der Waals surface area (Å²) in [4.78, 5) is 31.8. The molecule has 9 rings (SSSR count). The quantitative estimate of drug-likeness (QED) is 0.0267. The van der Waals surface area contributed by atoms with Crippen molar-refractivity contribution in [3.05, 3.63) is 119 Å². The van der Waals surface area contributed by atoms with Crippen molar-refractivity contribution in [2.75, 3.05) is 25.4 Å². The van der Waals surface area contributed by atoms with E-state index in [1.807, 2.05) is 42.6 Å². The average Bonchev–Trinajstić information content (AvgIpc) is 3.99. The molecule has 1 saturated carbocycles. The molecule has 0 bridgehead atoms. The lowest BCUT2D eigenvalue weighted by molar-refractivity contribution is -0.869. The molecule has 3 fully saturated rings. The Morgan fingerprint density at radius 3 is 2.71 bits per heavy atom. The molecule has 5 aliphatic rings. The van der Waals surface area contributed by atoms with Crippen molar-refractivity contribution >= 4 is 24.0 Å². The Balaban J connectivity index is 0.904. The second-order valence-electron chi connectivity index (χ2n) is 20.3. The zero-order valence-electron chi connectivity index (χ0n) is 41.6. The maximum absolute atomic E-state index is 12.5. The molecule has 8 atom stereocenters. The van der Waals surface area contributed by atoms with Crippen LogP contribution in [0.15, 0.2) is 107 Å². The van der Waals surface area contributed by atoms with Crippen LogP contribution >= 0.6 is 0 Å². The molecule has 16 heteroatoms. The monoisotopic (exact) mass is 984 g/mol. The van der Waals surface area contributed by atoms with E-state index in [4.69, 9.17) is 29.7 Å². The molecular formula is C56H71N8O8+. The van der Waals surface area contributed by atoms with E-state index in [0.29, 0.717) is 49.4 Å². The van der Waals surface area contributed by atoms with Gasteiger partial charge in [-0.15, -0.1) is 0 Å². The minimum Gasteiger partial charge on any atom is -0.504 e. The predicted octanol–water partition coefficient (Wildman–Crippen LogP) is 7.10. The molecule has 1 spiro atoms. The highest BCUT2D eigenvalue weighted by atomic mass is 16.6. The van der Waals surface area contributed by atoms with Crippen LogP contribution in [0.1, 0.15) is 119 Å². The molecule has 16 nitrogen and oxygen atoms in total. The van der Waals surface area contributed by atoms with Gasteiger partial charge in [-0.3, -0.25) is 24.7 Å². The van der Waals surface area contributed by atoms with Crippen molar-refractivity contribution in [1.29, 1.82) is 0 Å². The first-order valence-electron chi connectivity index (χ1n) is 26.0. The first-order valence-corrected chi connectivity index (χ1v) is 26.0. The number of carbonyl (C=O) groups is 1. The molecule has 0 amide bonds. The lowest BCUT2D eigenvalue weighted by Crippen LogP contribution is -3.14. The number of nitrogens with one attached hydrogen (secondary N) is 3. The molecule has 8 unspecified atom stereocenters. The number of carbonyl (C=O) groups excluding carboxylic acids is 1. The molecule has 8 N–H and O–H groups in total. The number of benzene rings is 2. The van der Waals surface area contributed by atoms with Crippen LogP contribution in [0.2, 0.25) is 0 Å². The van der Waals surface area contributed by atoms with Gasteiger partial charge in [-0.05, 0) is 122 Å². The fourth-order valence-electron chi connectivity index (χ4n) is 11.2. The van der Waals surface area contributed by atoms with Crippen molar-refractivity contribution in [3.63, 3.8) is 0 Å². The van der Waals surface area contributed by atoms with Gasteiger partial charge in [-0.1, -0.05) is 38.3 Å². The maximum atomic E-state index is 12.5. The van der Waals surface area contributed by atoms with Crippen LogP contribution in [0.25, 0.3) is 0 Å². The Labute approximate surface area is 422 Å². The van der Waals surface area contributed by atoms with Crippen molar-refractivity contribution in [3.8, 4) is 28.7 Å². The largest absolute Gasteiger partial charge is 0.504 e. The van der Waals surface area contributed by atoms with Crippen LogP contribution in [-0.2, 0) is 33.5 Å². The van der Waals surface area contributed by atoms with Crippen molar-refractivity contribution in [2.24, 2.45) is 15.9 Å². The molecule has 4 aromatic rings. The number of phenols is 3. The van der Waals surface area contributed by atoms with E-state index in [-0.39, 0.29) is 65.4 Å². The van der Waals surface area contributed by atoms with Gasteiger partial charge in [-0.2, -0.15) is 0 Å². The number of nitrogens with zero attached hydrogens (tertiary/aromatic N) is 4. The maximum Gasteiger partial charge on any atom is 0.302 e. The third-order valence-corrected chi connectivity index (χ3v) is 14.8. The van der Waals surface area contributed by atoms with Crippen molar-refractivity contribution < 1.29 is 44.0 Å². The summed E-state index contributed by atoms with van der Waals surface area (Å²) in [5.74, 6) is 1.02. The van der Waals surface area contributed by atoms with Crippen LogP contribution < -0.4 is 30.7 Å². The summed E-state index contributed by atoms with van der Waals surface area (Å²) in [6.45, 7) is 5.37. The second kappa shape index (κ2) is 23.3. The number of guanidine groups is 1. The van der Waals surface area contributed by atoms with Gasteiger partial charge in [0.15, 0.2) is 35.1 Å². The Hall–Kier alpha value is -6.65. The van der Waals surface area contributed by atoms with E-state index in [1.54, 1.807) is 30.7 Å². The van der Waals surface area contributed by atoms with Crippen LogP contribution in [-0.4, -0.2) is 93.1 Å². The number of pyridine rings is 2. The van der Waals surface area contributed by atoms with Crippen LogP contribution in [0.5, 0.6) is 28.7 Å². The molecule has 6 heterocycles. The van der Waals surface area contributed by atoms with Gasteiger partial charge < -0.3 is 50.6 Å². The van der Waals surface area contributed by atoms with Gasteiger partial charge in [0.05, 0.1) is 24.4 Å². The first kappa shape index (κ1) is 50.3. The Morgan fingerprint density at radius 1 is 0.986 bits per heavy atom. The van der Waals surface area contributed by atoms with Crippen LogP contribution in [0, 0.1) is 5.92 Å². The number of hydrogen-bond acceptors (Lipinski definition) is 13. The standard InChI is InChI=1S/C56H70N8O8/c1-3-4-5-11-40(48-29-44(70-36(2)65)30-49(72-48)42-27-47(67)54(68)51(28-42)69-23-17-38-10-7-19-58-33-38)24-39-13-14-46(66)50(25-39)71-43-12-6-18-56(31-43)32-53(64-34-41-16-22-59-45(41)35-64)62-55(63-56)61-20-8-9-37-15-21-60-52(57)26-37/h7,10,13-16,19,21-22,25-28,33,35,40,43-44,48-49,53,66-68H,3-6,8-9,11-12,17-18,20,23-24,29-32,34H2,1-2H3,(H2,57,60)(H2,61,62,63)/p+1. The van der Waals surface area contributed by atoms with Gasteiger partial charge in [0, 0.05) is 76.0 Å². The number of aryl methyl sites for hydroxylation is 1. The van der Waals surface area contributed by atoms with E-state index < -0.39 is 12.2 Å². The molecule has 382 valence electrons. The lowest BCUT2D eigenvalue weighted by Gasteiger charge is -2.47. The minimum absolute atomic E-state index is 0.0223. The SMILES string of the molecule is CCCCCC(Cc1ccc(O)c(OC2CCCC3(C2)CC([NH+]2C=C4N=CC=C4C2)NC(=NCCCc2ccnc(N)c2)N3)c1)C1CC(OC(C)=O)CC(c2cc(O)c(O)c(OCCc3cccnc3)c2)O1. The van der Waals surface area contributed by atoms with Gasteiger partial charge in [0.25, 0.3) is 0 Å². The van der Waals surface area contributed by atoms with Crippen molar-refractivity contribution in [2.45, 2.75) is 146 Å². The molecule has 2 saturated heterocycles. The zero-order valence-corrected chi connectivity index (χ0v) is 41.6. The fourth-order valence-corrected chi connectivity index (χ4v) is 11.2. The minimum atomic E-state index is -0.555. The summed E-state index contributed by atoms with van der Waals surface area (Å²) in [6, 6.07) is 16.6. The number of quaternary nitrogens is 1. The number of aliphatic imine (C=N–C) groups is 2. The van der Waals surface area contributed by atoms with Gasteiger partial charge >= 0.3 is 5.97 Å². The number of anilines is 1. The molecule has 1 aliphatic carbocycles. The highest BCUT2D eigenvalue weighted by Crippen LogP contribution is 2.44. The second-order valence-corrected chi connectivity index (χ2v) is 20.3. The Kier molecular flexibility index (Phi) is 16.3. The van der Waals surface area contributed by atoms with E-state index in [0.717, 1.165) is 106 Å². The number of phenolic OH excluding ortho intramolecular Hbond substituents is 3. The molecule has 2 aromatic carbocycles. The summed E-state index contributed by atoms with van der Waals surface area (Å²) in [6.07, 6.45) is 22.2. The van der Waals surface area contributed by atoms with Gasteiger partial charge in [0.2, 0.25) is 5.75 Å². The highest BCUT2D eigenvalue weighted by Gasteiger charge is 2.47. The molecular weight excluding hydrogens is 913 g/mol. The lowest BCUT2D eigenvalue weighted by atomic mass is 9.76. The van der Waals surface area contributed by atoms with E-state index in [9.17, 15) is 20.1 Å². The highest BCUT2D eigenvalue weighted by molar-refractivity contribution is 5.82. The van der Waals surface area contributed by atoms with Crippen LogP contribution in [0.3, 0.4) is 0 Å². The number of allylic oxidation sites excluding steroid dienone is 1. The van der Waals surface area contributed by atoms with E-state index in [2.05, 4.69) is 44.8 Å². The van der Waals surface area contributed by atoms with Gasteiger partial charge in [0.1, 0.15) is 36.5 Å². The Bertz CT molecular complexity index is 2640. The number of nitrogen functional groups attached to an aromatic ring is 1. The number of ether oxygens (including phenoxy) is 4. The summed E-state index contributed by atoms with van der Waals surface area (Å²) in [5, 5.41) is 40.8. The number of esters is 1. The number of fused-ring (bicyclic) bond motifs is 1. The number of aromatic hydroxyl groups is 3. The van der Waals surface area contributed by atoms with Crippen molar-refractivity contribution in [1.82, 2.24) is 20.6 Å². The van der Waals surface area contributed by atoms with Crippen LogP contribution in [0.4, 0.5) is 5.82 Å². The normalized spacial score (nSPS) is 25.5. The van der Waals surface area contributed by atoms with E-state index in [1.165, 1.54) is 23.5 Å².